The minimum absolute atomic E-state index is 0.122. The molecule has 2 fully saturated rings. The molecule has 14 nitrogen and oxygen atoms in total. The molecule has 0 spiro atoms. The highest BCUT2D eigenvalue weighted by Gasteiger charge is 2.57. The van der Waals surface area contributed by atoms with E-state index < -0.39 is 47.3 Å². The number of esters is 1. The van der Waals surface area contributed by atoms with Crippen LogP contribution in [0.1, 0.15) is 83.4 Å². The van der Waals surface area contributed by atoms with Crippen molar-refractivity contribution in [3.8, 4) is 11.3 Å². The van der Waals surface area contributed by atoms with Gasteiger partial charge in [-0.2, -0.15) is 0 Å². The standard InChI is InChI=1S/C44H59N7O7S/c1-10-50-32-17-16-26-20-28(32)29(37(50)27-14-12-18-45-35(27)25(4)56-9)21-44(5,6)23-58-43(55)30-15-13-19-51(48-30)42(54)36(38(57-11-2)40-46-31(26)22-59-40)47-39(52)33-24(3)34(33)41(53)49(7)8/h12,14,16-18,20,24-25,30-31,33-34,36,38,48H,10-11,13,15,19,21-23H2,1-9H3,(H,47,52)/t24-,25-,30-,31?,33-,34-,36-,38-/m0/s1. The maximum Gasteiger partial charge on any atom is 0.324 e. The Hall–Kier alpha value is -4.31. The Balaban J connectivity index is 1.35. The Bertz CT molecular complexity index is 2130. The molecule has 1 unspecified atom stereocenters. The smallest absolute Gasteiger partial charge is 0.324 e. The van der Waals surface area contributed by atoms with Gasteiger partial charge in [0, 0.05) is 74.7 Å². The fraction of sp³-hybridized carbons (Fsp3) is 0.591. The number of aryl methyl sites for hydroxylation is 1. The number of ether oxygens (including phenoxy) is 3. The lowest BCUT2D eigenvalue weighted by Crippen LogP contribution is -2.63. The number of methoxy groups -OCH3 is 1. The number of thioether (sulfide) groups is 1. The molecule has 1 aliphatic carbocycles. The molecule has 3 aromatic rings. The third-order valence-electron chi connectivity index (χ3n) is 12.3. The van der Waals surface area contributed by atoms with Crippen molar-refractivity contribution < 1.29 is 33.4 Å². The first-order valence-corrected chi connectivity index (χ1v) is 21.9. The number of nitrogens with zero attached hydrogens (tertiary/aromatic N) is 5. The summed E-state index contributed by atoms with van der Waals surface area (Å²) in [6.07, 6.45) is 2.27. The number of aromatic nitrogens is 2. The molecule has 7 rings (SSSR count). The number of hydrogen-bond donors (Lipinski definition) is 2. The van der Waals surface area contributed by atoms with Gasteiger partial charge in [0.15, 0.2) is 0 Å². The molecule has 4 aliphatic rings. The monoisotopic (exact) mass is 829 g/mol. The van der Waals surface area contributed by atoms with Gasteiger partial charge in [-0.05, 0) is 81.3 Å². The van der Waals surface area contributed by atoms with Crippen molar-refractivity contribution in [2.75, 3.05) is 46.7 Å². The summed E-state index contributed by atoms with van der Waals surface area (Å²) in [5, 5.41) is 6.13. The van der Waals surface area contributed by atoms with Crippen molar-refractivity contribution >= 4 is 51.4 Å². The predicted molar refractivity (Wildman–Crippen MR) is 227 cm³/mol. The van der Waals surface area contributed by atoms with E-state index in [0.717, 1.165) is 39.0 Å². The van der Waals surface area contributed by atoms with E-state index in [0.29, 0.717) is 43.1 Å². The van der Waals surface area contributed by atoms with Crippen LogP contribution in [-0.2, 0) is 46.4 Å². The van der Waals surface area contributed by atoms with Crippen molar-refractivity contribution in [3.63, 3.8) is 0 Å². The lowest BCUT2D eigenvalue weighted by atomic mass is 9.84. The number of pyridine rings is 1. The summed E-state index contributed by atoms with van der Waals surface area (Å²) < 4.78 is 20.6. The number of carbonyl (C=O) groups excluding carboxylic acids is 4. The number of amides is 3. The van der Waals surface area contributed by atoms with Crippen LogP contribution in [0.25, 0.3) is 22.2 Å². The molecule has 1 saturated carbocycles. The second kappa shape index (κ2) is 17.3. The molecule has 2 N–H and O–H groups in total. The Morgan fingerprint density at radius 2 is 1.95 bits per heavy atom. The highest BCUT2D eigenvalue weighted by molar-refractivity contribution is 8.14. The number of benzene rings is 1. The van der Waals surface area contributed by atoms with E-state index in [1.807, 2.05) is 26.8 Å². The number of hydrazine groups is 1. The van der Waals surface area contributed by atoms with E-state index >= 15 is 0 Å². The fourth-order valence-corrected chi connectivity index (χ4v) is 10.1. The van der Waals surface area contributed by atoms with E-state index in [1.54, 1.807) is 27.4 Å². The number of carbonyl (C=O) groups is 4. The summed E-state index contributed by atoms with van der Waals surface area (Å²) in [4.78, 5) is 67.0. The second-order valence-electron chi connectivity index (χ2n) is 17.2. The van der Waals surface area contributed by atoms with Crippen LogP contribution in [0, 0.1) is 23.2 Å². The summed E-state index contributed by atoms with van der Waals surface area (Å²) >= 11 is 1.52. The molecule has 15 heteroatoms. The number of fused-ring (bicyclic) bond motifs is 5. The maximum atomic E-state index is 14.7. The largest absolute Gasteiger partial charge is 0.464 e. The highest BCUT2D eigenvalue weighted by atomic mass is 32.2. The van der Waals surface area contributed by atoms with Crippen molar-refractivity contribution in [2.45, 2.75) is 97.7 Å². The molecule has 59 heavy (non-hydrogen) atoms. The fourth-order valence-electron chi connectivity index (χ4n) is 8.96. The first-order chi connectivity index (χ1) is 28.2. The van der Waals surface area contributed by atoms with Crippen LogP contribution in [-0.4, -0.2) is 113 Å². The number of nitrogens with one attached hydrogen (secondary N) is 2. The number of aliphatic imine (C=N–C) groups is 1. The molecular weight excluding hydrogens is 771 g/mol. The van der Waals surface area contributed by atoms with Crippen LogP contribution < -0.4 is 10.7 Å². The Kier molecular flexibility index (Phi) is 12.6. The van der Waals surface area contributed by atoms with Gasteiger partial charge in [0.1, 0.15) is 23.2 Å². The van der Waals surface area contributed by atoms with Gasteiger partial charge >= 0.3 is 5.97 Å². The average molecular weight is 830 g/mol. The molecule has 8 atom stereocenters. The molecule has 3 aliphatic heterocycles. The van der Waals surface area contributed by atoms with E-state index in [-0.39, 0.29) is 43.1 Å². The number of rotatable bonds is 9. The van der Waals surface area contributed by atoms with Gasteiger partial charge in [0.2, 0.25) is 11.8 Å². The summed E-state index contributed by atoms with van der Waals surface area (Å²) in [5.41, 5.74) is 8.77. The van der Waals surface area contributed by atoms with Crippen LogP contribution in [0.4, 0.5) is 0 Å². The predicted octanol–water partition coefficient (Wildman–Crippen LogP) is 5.10. The molecule has 318 valence electrons. The highest BCUT2D eigenvalue weighted by Crippen LogP contribution is 2.47. The van der Waals surface area contributed by atoms with Gasteiger partial charge < -0.3 is 29.0 Å². The van der Waals surface area contributed by atoms with Crippen LogP contribution in [0.15, 0.2) is 41.5 Å². The third-order valence-corrected chi connectivity index (χ3v) is 13.4. The van der Waals surface area contributed by atoms with Crippen LogP contribution in [0.2, 0.25) is 0 Å². The molecule has 1 aromatic carbocycles. The Morgan fingerprint density at radius 3 is 2.66 bits per heavy atom. The first-order valence-electron chi connectivity index (χ1n) is 20.9. The van der Waals surface area contributed by atoms with Gasteiger partial charge in [-0.25, -0.2) is 5.43 Å². The van der Waals surface area contributed by atoms with Gasteiger partial charge in [0.25, 0.3) is 5.91 Å². The zero-order valence-corrected chi connectivity index (χ0v) is 36.6. The van der Waals surface area contributed by atoms with Gasteiger partial charge in [-0.15, -0.1) is 11.8 Å². The number of cyclic esters (lactones) is 1. The quantitative estimate of drug-likeness (QED) is 0.279. The minimum atomic E-state index is -1.17. The minimum Gasteiger partial charge on any atom is -0.464 e. The van der Waals surface area contributed by atoms with Crippen molar-refractivity contribution in [3.05, 3.63) is 53.3 Å². The van der Waals surface area contributed by atoms with Crippen molar-refractivity contribution in [1.82, 2.24) is 30.2 Å². The van der Waals surface area contributed by atoms with Crippen LogP contribution >= 0.6 is 11.8 Å². The van der Waals surface area contributed by atoms with E-state index in [9.17, 15) is 19.2 Å². The Labute approximate surface area is 351 Å². The topological polar surface area (TPSA) is 157 Å². The van der Waals surface area contributed by atoms with E-state index in [2.05, 4.69) is 60.3 Å². The summed E-state index contributed by atoms with van der Waals surface area (Å²) in [6.45, 7) is 13.5. The normalized spacial score (nSPS) is 27.4. The zero-order chi connectivity index (χ0) is 42.3. The maximum absolute atomic E-state index is 14.7. The zero-order valence-electron chi connectivity index (χ0n) is 35.7. The summed E-state index contributed by atoms with van der Waals surface area (Å²) in [7, 11) is 5.04. The van der Waals surface area contributed by atoms with Crippen LogP contribution in [0.5, 0.6) is 0 Å². The SMILES string of the molecule is CCO[C@@H]1C2=NC(CS2)c2ccc3c(c2)c(c(-c2cccnc2[C@H](C)OC)n3CC)CC(C)(C)COC(=O)[C@@H]2CCCN(N2)C(=O)[C@H]1NC(=O)[C@H]1[C@H](C)[C@@H]1C(=O)N(C)C. The summed E-state index contributed by atoms with van der Waals surface area (Å²) in [5.74, 6) is -2.02. The molecule has 1 saturated heterocycles. The van der Waals surface area contributed by atoms with Crippen molar-refractivity contribution in [2.24, 2.45) is 28.2 Å². The van der Waals surface area contributed by atoms with E-state index in [4.69, 9.17) is 24.2 Å². The molecule has 3 amide bonds. The third kappa shape index (κ3) is 8.40. The summed E-state index contributed by atoms with van der Waals surface area (Å²) in [6, 6.07) is 8.40. The lowest BCUT2D eigenvalue weighted by Gasteiger charge is -2.37. The van der Waals surface area contributed by atoms with Gasteiger partial charge in [0.05, 0.1) is 42.0 Å². The average Bonchev–Trinajstić information content (AvgIpc) is 3.51. The Morgan fingerprint density at radius 1 is 1.17 bits per heavy atom. The molecule has 2 aromatic heterocycles. The molecule has 5 heterocycles. The van der Waals surface area contributed by atoms with Gasteiger partial charge in [-0.3, -0.25) is 34.2 Å². The second-order valence-corrected chi connectivity index (χ2v) is 18.3. The van der Waals surface area contributed by atoms with E-state index in [1.165, 1.54) is 21.7 Å². The molecule has 6 bridgehead atoms. The van der Waals surface area contributed by atoms with Crippen molar-refractivity contribution in [1.29, 1.82) is 0 Å². The first kappa shape index (κ1) is 42.8. The molecular formula is C44H59N7O7S. The lowest BCUT2D eigenvalue weighted by molar-refractivity contribution is -0.156. The number of hydrogen-bond acceptors (Lipinski definition) is 11. The molecule has 0 radical (unpaired) electrons. The van der Waals surface area contributed by atoms with Gasteiger partial charge in [-0.1, -0.05) is 26.8 Å². The van der Waals surface area contributed by atoms with Crippen LogP contribution in [0.3, 0.4) is 0 Å².